The molecular weight excluding hydrogens is 657 g/mol. The maximum absolute atomic E-state index is 6.53. The number of furan rings is 1. The SMILES string of the molecule is C=CC1=C2/C(=C\C)Oc3ccccc3N2c2ccc(-c3ccc4oc5cccc(-c6nc(-c7ccccc7)nc(-c7ccccc7)n6)c5c4c3)cc2O1. The van der Waals surface area contributed by atoms with Gasteiger partial charge in [-0.1, -0.05) is 104 Å². The fraction of sp³-hybridized carbons (Fsp3) is 0.0217. The zero-order valence-electron chi connectivity index (χ0n) is 28.7. The summed E-state index contributed by atoms with van der Waals surface area (Å²) in [4.78, 5) is 17.1. The lowest BCUT2D eigenvalue weighted by Crippen LogP contribution is -2.30. The van der Waals surface area contributed by atoms with E-state index in [-0.39, 0.29) is 0 Å². The Hall–Kier alpha value is -7.25. The largest absolute Gasteiger partial charge is 0.456 e. The molecule has 53 heavy (non-hydrogen) atoms. The minimum absolute atomic E-state index is 0.574. The van der Waals surface area contributed by atoms with Gasteiger partial charge in [0.15, 0.2) is 40.5 Å². The molecule has 4 heterocycles. The van der Waals surface area contributed by atoms with E-state index in [1.807, 2.05) is 110 Å². The Labute approximate surface area is 305 Å². The van der Waals surface area contributed by atoms with E-state index in [2.05, 4.69) is 53.9 Å². The van der Waals surface area contributed by atoms with Crippen LogP contribution >= 0.6 is 0 Å². The summed E-state index contributed by atoms with van der Waals surface area (Å²) in [7, 11) is 0. The molecule has 0 radical (unpaired) electrons. The van der Waals surface area contributed by atoms with E-state index in [0.29, 0.717) is 29.0 Å². The molecule has 0 spiro atoms. The van der Waals surface area contributed by atoms with Crippen LogP contribution in [0.2, 0.25) is 0 Å². The number of allylic oxidation sites excluding steroid dienone is 2. The Morgan fingerprint density at radius 1 is 0.566 bits per heavy atom. The van der Waals surface area contributed by atoms with Crippen LogP contribution in [0, 0.1) is 0 Å². The van der Waals surface area contributed by atoms with Crippen molar-refractivity contribution in [3.8, 4) is 56.8 Å². The first-order chi connectivity index (χ1) is 26.2. The van der Waals surface area contributed by atoms with Crippen molar-refractivity contribution >= 4 is 33.3 Å². The van der Waals surface area contributed by atoms with E-state index in [0.717, 1.165) is 78.3 Å². The number of aromatic nitrogens is 3. The van der Waals surface area contributed by atoms with Gasteiger partial charge < -0.3 is 13.9 Å². The van der Waals surface area contributed by atoms with Crippen molar-refractivity contribution in [3.05, 3.63) is 175 Å². The Balaban J connectivity index is 1.12. The summed E-state index contributed by atoms with van der Waals surface area (Å²) >= 11 is 0. The van der Waals surface area contributed by atoms with Gasteiger partial charge in [0.1, 0.15) is 16.9 Å². The number of hydrogen-bond acceptors (Lipinski definition) is 7. The predicted octanol–water partition coefficient (Wildman–Crippen LogP) is 11.7. The number of rotatable bonds is 5. The Bertz CT molecular complexity index is 2760. The number of anilines is 2. The number of para-hydroxylation sites is 2. The maximum atomic E-state index is 6.53. The van der Waals surface area contributed by atoms with Crippen molar-refractivity contribution in [2.45, 2.75) is 6.92 Å². The molecule has 0 bridgehead atoms. The first kappa shape index (κ1) is 30.6. The van der Waals surface area contributed by atoms with Crippen LogP contribution in [0.25, 0.3) is 67.2 Å². The highest BCUT2D eigenvalue weighted by Crippen LogP contribution is 2.52. The molecule has 0 saturated heterocycles. The summed E-state index contributed by atoms with van der Waals surface area (Å²) in [5.74, 6) is 4.63. The third-order valence-corrected chi connectivity index (χ3v) is 9.65. The fourth-order valence-electron chi connectivity index (χ4n) is 7.19. The molecule has 10 rings (SSSR count). The van der Waals surface area contributed by atoms with Gasteiger partial charge in [-0.05, 0) is 72.7 Å². The van der Waals surface area contributed by atoms with Gasteiger partial charge in [-0.15, -0.1) is 0 Å². The van der Waals surface area contributed by atoms with Crippen LogP contribution in [-0.4, -0.2) is 15.0 Å². The molecule has 0 aliphatic carbocycles. The molecule has 0 saturated carbocycles. The third kappa shape index (κ3) is 5.01. The van der Waals surface area contributed by atoms with Crippen molar-refractivity contribution < 1.29 is 13.9 Å². The van der Waals surface area contributed by atoms with Gasteiger partial charge in [0, 0.05) is 27.5 Å². The van der Waals surface area contributed by atoms with E-state index in [1.165, 1.54) is 0 Å². The average molecular weight is 687 g/mol. The highest BCUT2D eigenvalue weighted by Gasteiger charge is 2.36. The van der Waals surface area contributed by atoms with E-state index in [4.69, 9.17) is 28.8 Å². The molecule has 6 aromatic carbocycles. The molecule has 2 aliphatic heterocycles. The first-order valence-electron chi connectivity index (χ1n) is 17.4. The average Bonchev–Trinajstić information content (AvgIpc) is 3.61. The third-order valence-electron chi connectivity index (χ3n) is 9.65. The van der Waals surface area contributed by atoms with Gasteiger partial charge in [0.25, 0.3) is 0 Å². The van der Waals surface area contributed by atoms with Crippen molar-refractivity contribution in [1.82, 2.24) is 15.0 Å². The highest BCUT2D eigenvalue weighted by molar-refractivity contribution is 6.12. The van der Waals surface area contributed by atoms with Crippen LogP contribution < -0.4 is 14.4 Å². The van der Waals surface area contributed by atoms with Crippen molar-refractivity contribution in [2.24, 2.45) is 0 Å². The lowest BCUT2D eigenvalue weighted by atomic mass is 9.99. The molecule has 7 nitrogen and oxygen atoms in total. The monoisotopic (exact) mass is 686 g/mol. The number of nitrogens with zero attached hydrogens (tertiary/aromatic N) is 4. The molecule has 0 amide bonds. The van der Waals surface area contributed by atoms with Crippen LogP contribution in [0.15, 0.2) is 180 Å². The lowest BCUT2D eigenvalue weighted by molar-refractivity contribution is 0.384. The number of benzene rings is 6. The Morgan fingerprint density at radius 3 is 1.96 bits per heavy atom. The smallest absolute Gasteiger partial charge is 0.164 e. The van der Waals surface area contributed by atoms with Gasteiger partial charge in [-0.2, -0.15) is 0 Å². The summed E-state index contributed by atoms with van der Waals surface area (Å²) in [5, 5.41) is 1.90. The van der Waals surface area contributed by atoms with Gasteiger partial charge in [-0.25, -0.2) is 15.0 Å². The van der Waals surface area contributed by atoms with Crippen LogP contribution in [0.3, 0.4) is 0 Å². The number of fused-ring (bicyclic) bond motifs is 8. The second-order valence-electron chi connectivity index (χ2n) is 12.8. The van der Waals surface area contributed by atoms with Crippen molar-refractivity contribution in [3.63, 3.8) is 0 Å². The molecule has 8 aromatic rings. The Kier molecular flexibility index (Phi) is 7.04. The van der Waals surface area contributed by atoms with Crippen molar-refractivity contribution in [1.29, 1.82) is 0 Å². The maximum Gasteiger partial charge on any atom is 0.164 e. The summed E-state index contributed by atoms with van der Waals surface area (Å²) in [6.07, 6.45) is 3.68. The van der Waals surface area contributed by atoms with E-state index in [1.54, 1.807) is 6.08 Å². The molecule has 0 atom stereocenters. The summed E-state index contributed by atoms with van der Waals surface area (Å²) < 4.78 is 19.2. The van der Waals surface area contributed by atoms with Gasteiger partial charge in [0.2, 0.25) is 0 Å². The second-order valence-corrected chi connectivity index (χ2v) is 12.8. The molecule has 7 heteroatoms. The van der Waals surface area contributed by atoms with Crippen LogP contribution in [0.1, 0.15) is 6.92 Å². The van der Waals surface area contributed by atoms with Crippen LogP contribution in [0.4, 0.5) is 11.4 Å². The number of hydrogen-bond donors (Lipinski definition) is 0. The molecule has 252 valence electrons. The topological polar surface area (TPSA) is 73.5 Å². The molecule has 0 fully saturated rings. The summed E-state index contributed by atoms with van der Waals surface area (Å²) in [5.41, 5.74) is 8.91. The lowest BCUT2D eigenvalue weighted by Gasteiger charge is -2.39. The predicted molar refractivity (Wildman–Crippen MR) is 210 cm³/mol. The van der Waals surface area contributed by atoms with Crippen LogP contribution in [0.5, 0.6) is 11.5 Å². The highest BCUT2D eigenvalue weighted by atomic mass is 16.5. The molecule has 2 aliphatic rings. The van der Waals surface area contributed by atoms with E-state index < -0.39 is 0 Å². The molecule has 0 unspecified atom stereocenters. The van der Waals surface area contributed by atoms with E-state index in [9.17, 15) is 0 Å². The Morgan fingerprint density at radius 2 is 1.23 bits per heavy atom. The quantitative estimate of drug-likeness (QED) is 0.178. The zero-order valence-corrected chi connectivity index (χ0v) is 28.7. The molecule has 2 aromatic heterocycles. The minimum Gasteiger partial charge on any atom is -0.456 e. The fourth-order valence-corrected chi connectivity index (χ4v) is 7.19. The normalized spacial score (nSPS) is 14.1. The second kappa shape index (κ2) is 12.2. The first-order valence-corrected chi connectivity index (χ1v) is 17.4. The van der Waals surface area contributed by atoms with Gasteiger partial charge in [0.05, 0.1) is 11.4 Å². The van der Waals surface area contributed by atoms with Gasteiger partial charge >= 0.3 is 0 Å². The summed E-state index contributed by atoms with van der Waals surface area (Å²) in [6, 6.07) is 46.6. The van der Waals surface area contributed by atoms with Crippen LogP contribution in [-0.2, 0) is 0 Å². The zero-order chi connectivity index (χ0) is 35.5. The number of ether oxygens (including phenoxy) is 2. The van der Waals surface area contributed by atoms with Gasteiger partial charge in [-0.3, -0.25) is 4.90 Å². The minimum atomic E-state index is 0.574. The standard InChI is InChI=1S/C46H30N4O3/c1-3-36-43-37(4-2)52-41-27-31(22-24-35(41)50(43)34-19-11-12-20-39(34)51-36)30-23-25-38-33(26-30)42-32(18-13-21-40(42)53-38)46-48-44(28-14-7-5-8-15-28)47-45(49-46)29-16-9-6-10-17-29/h3-27H,2H2,1H3/b36-3+. The summed E-state index contributed by atoms with van der Waals surface area (Å²) in [6.45, 7) is 6.03. The molecule has 0 N–H and O–H groups in total. The van der Waals surface area contributed by atoms with Crippen molar-refractivity contribution in [2.75, 3.05) is 4.90 Å². The van der Waals surface area contributed by atoms with E-state index >= 15 is 0 Å². The molecular formula is C46H30N4O3.